The maximum Gasteiger partial charge on any atom is 0.418 e. The molecule has 0 fully saturated rings. The van der Waals surface area contributed by atoms with Crippen molar-refractivity contribution in [3.8, 4) is 5.75 Å². The van der Waals surface area contributed by atoms with Crippen LogP contribution in [0.2, 0.25) is 5.02 Å². The number of carbonyl (C=O) groups excluding carboxylic acids is 1. The molecule has 0 aliphatic heterocycles. The molecule has 0 aromatic heterocycles. The lowest BCUT2D eigenvalue weighted by Crippen LogP contribution is -2.41. The first-order valence-electron chi connectivity index (χ1n) is 8.19. The van der Waals surface area contributed by atoms with E-state index >= 15 is 0 Å². The second kappa shape index (κ2) is 8.60. The molecule has 2 rings (SSSR count). The summed E-state index contributed by atoms with van der Waals surface area (Å²) in [6.07, 6.45) is -4.76. The van der Waals surface area contributed by atoms with Gasteiger partial charge in [0.15, 0.2) is 0 Å². The molecule has 0 unspecified atom stereocenters. The topological polar surface area (TPSA) is 84.5 Å². The Morgan fingerprint density at radius 3 is 2.41 bits per heavy atom. The zero-order chi connectivity index (χ0) is 22.0. The number of alkyl halides is 3. The largest absolute Gasteiger partial charge is 0.495 e. The van der Waals surface area contributed by atoms with E-state index in [9.17, 15) is 26.4 Å². The molecule has 0 heterocycles. The lowest BCUT2D eigenvalue weighted by molar-refractivity contribution is -0.137. The summed E-state index contributed by atoms with van der Waals surface area (Å²) in [6.45, 7) is 2.88. The number of benzene rings is 2. The van der Waals surface area contributed by atoms with Gasteiger partial charge < -0.3 is 10.1 Å². The van der Waals surface area contributed by atoms with Crippen LogP contribution in [0.5, 0.6) is 5.75 Å². The minimum atomic E-state index is -4.76. The summed E-state index contributed by atoms with van der Waals surface area (Å²) in [6, 6.07) is 5.93. The Morgan fingerprint density at radius 1 is 1.17 bits per heavy atom. The number of methoxy groups -OCH3 is 1. The molecule has 6 nitrogen and oxygen atoms in total. The Labute approximate surface area is 171 Å². The van der Waals surface area contributed by atoms with Crippen molar-refractivity contribution in [2.45, 2.75) is 31.0 Å². The second-order valence-electron chi connectivity index (χ2n) is 6.17. The summed E-state index contributed by atoms with van der Waals surface area (Å²) >= 11 is 5.60. The third kappa shape index (κ3) is 5.62. The summed E-state index contributed by atoms with van der Waals surface area (Å²) in [5, 5.41) is 1.93. The lowest BCUT2D eigenvalue weighted by atomic mass is 10.1. The van der Waals surface area contributed by atoms with Crippen molar-refractivity contribution in [2.75, 3.05) is 12.4 Å². The van der Waals surface area contributed by atoms with Crippen molar-refractivity contribution in [3.05, 3.63) is 52.5 Å². The van der Waals surface area contributed by atoms with Gasteiger partial charge in [-0.1, -0.05) is 17.7 Å². The van der Waals surface area contributed by atoms with Crippen LogP contribution < -0.4 is 14.8 Å². The monoisotopic (exact) mass is 450 g/mol. The number of nitrogens with one attached hydrogen (secondary N) is 2. The Morgan fingerprint density at radius 2 is 1.83 bits per heavy atom. The highest BCUT2D eigenvalue weighted by molar-refractivity contribution is 7.89. The van der Waals surface area contributed by atoms with Gasteiger partial charge in [0, 0.05) is 5.02 Å². The molecule has 0 aliphatic carbocycles. The molecule has 2 aromatic rings. The SMILES string of the molecule is COc1ccc(C)cc1S(=O)(=O)N[C@@H](C)C(=O)Nc1ccc(Cl)cc1C(F)(F)F. The molecule has 1 atom stereocenters. The van der Waals surface area contributed by atoms with Gasteiger partial charge in [-0.3, -0.25) is 4.79 Å². The van der Waals surface area contributed by atoms with E-state index < -0.39 is 39.4 Å². The molecular formula is C18H18ClF3N2O4S. The van der Waals surface area contributed by atoms with E-state index in [0.717, 1.165) is 6.07 Å². The van der Waals surface area contributed by atoms with Crippen molar-refractivity contribution >= 4 is 33.2 Å². The average Bonchev–Trinajstić information content (AvgIpc) is 2.61. The molecule has 11 heteroatoms. The molecular weight excluding hydrogens is 433 g/mol. The minimum Gasteiger partial charge on any atom is -0.495 e. The van der Waals surface area contributed by atoms with Crippen molar-refractivity contribution < 1.29 is 31.1 Å². The molecule has 2 aromatic carbocycles. The minimum absolute atomic E-state index is 0.0627. The first-order valence-corrected chi connectivity index (χ1v) is 10.1. The predicted octanol–water partition coefficient (Wildman–Crippen LogP) is 3.98. The first kappa shape index (κ1) is 23.0. The van der Waals surface area contributed by atoms with Crippen molar-refractivity contribution in [2.24, 2.45) is 0 Å². The third-order valence-corrected chi connectivity index (χ3v) is 5.68. The van der Waals surface area contributed by atoms with Crippen LogP contribution in [0.15, 0.2) is 41.3 Å². The zero-order valence-electron chi connectivity index (χ0n) is 15.6. The Balaban J connectivity index is 2.25. The van der Waals surface area contributed by atoms with E-state index in [1.807, 2.05) is 0 Å². The van der Waals surface area contributed by atoms with Gasteiger partial charge in [-0.2, -0.15) is 17.9 Å². The maximum atomic E-state index is 13.2. The van der Waals surface area contributed by atoms with E-state index in [0.29, 0.717) is 11.6 Å². The Kier molecular flexibility index (Phi) is 6.82. The summed E-state index contributed by atoms with van der Waals surface area (Å²) in [4.78, 5) is 12.1. The van der Waals surface area contributed by atoms with Crippen LogP contribution in [0.3, 0.4) is 0 Å². The van der Waals surface area contributed by atoms with Gasteiger partial charge in [0.05, 0.1) is 24.4 Å². The molecule has 29 heavy (non-hydrogen) atoms. The van der Waals surface area contributed by atoms with Crippen LogP contribution in [0, 0.1) is 6.92 Å². The van der Waals surface area contributed by atoms with Gasteiger partial charge in [-0.25, -0.2) is 8.42 Å². The lowest BCUT2D eigenvalue weighted by Gasteiger charge is -2.18. The fourth-order valence-electron chi connectivity index (χ4n) is 2.44. The van der Waals surface area contributed by atoms with Gasteiger partial charge in [-0.05, 0) is 49.7 Å². The normalized spacial score (nSPS) is 13.1. The Hall–Kier alpha value is -2.30. The highest BCUT2D eigenvalue weighted by Gasteiger charge is 2.35. The molecule has 0 spiro atoms. The molecule has 0 saturated carbocycles. The fourth-order valence-corrected chi connectivity index (χ4v) is 4.07. The van der Waals surface area contributed by atoms with E-state index in [1.165, 1.54) is 32.2 Å². The van der Waals surface area contributed by atoms with Gasteiger partial charge in [-0.15, -0.1) is 0 Å². The number of aryl methyl sites for hydroxylation is 1. The van der Waals surface area contributed by atoms with Gasteiger partial charge >= 0.3 is 6.18 Å². The van der Waals surface area contributed by atoms with Crippen LogP contribution in [-0.4, -0.2) is 27.5 Å². The van der Waals surface area contributed by atoms with Crippen LogP contribution >= 0.6 is 11.6 Å². The van der Waals surface area contributed by atoms with Crippen LogP contribution in [-0.2, 0) is 21.0 Å². The number of ether oxygens (including phenoxy) is 1. The molecule has 1 amide bonds. The highest BCUT2D eigenvalue weighted by Crippen LogP contribution is 2.36. The fraction of sp³-hybridized carbons (Fsp3) is 0.278. The number of hydrogen-bond donors (Lipinski definition) is 2. The number of sulfonamides is 1. The van der Waals surface area contributed by atoms with Crippen molar-refractivity contribution in [1.29, 1.82) is 0 Å². The summed E-state index contributed by atoms with van der Waals surface area (Å²) in [5.74, 6) is -0.916. The molecule has 0 bridgehead atoms. The molecule has 0 saturated heterocycles. The molecule has 0 aliphatic rings. The van der Waals surface area contributed by atoms with E-state index in [4.69, 9.17) is 16.3 Å². The van der Waals surface area contributed by atoms with Gasteiger partial charge in [0.25, 0.3) is 0 Å². The number of amides is 1. The third-order valence-electron chi connectivity index (χ3n) is 3.88. The number of anilines is 1. The number of carbonyl (C=O) groups is 1. The second-order valence-corrected chi connectivity index (χ2v) is 8.29. The number of halogens is 4. The Bertz CT molecular complexity index is 1030. The van der Waals surface area contributed by atoms with E-state index in [-0.39, 0.29) is 15.7 Å². The summed E-state index contributed by atoms with van der Waals surface area (Å²) in [5.41, 5.74) is -1.04. The molecule has 2 N–H and O–H groups in total. The van der Waals surface area contributed by atoms with Gasteiger partial charge in [0.1, 0.15) is 10.6 Å². The van der Waals surface area contributed by atoms with Crippen LogP contribution in [0.25, 0.3) is 0 Å². The highest BCUT2D eigenvalue weighted by atomic mass is 35.5. The first-order chi connectivity index (χ1) is 13.3. The quantitative estimate of drug-likeness (QED) is 0.697. The summed E-state index contributed by atoms with van der Waals surface area (Å²) in [7, 11) is -2.90. The van der Waals surface area contributed by atoms with Crippen molar-refractivity contribution in [3.63, 3.8) is 0 Å². The standard InChI is InChI=1S/C18H18ClF3N2O4S/c1-10-4-7-15(28-3)16(8-10)29(26,27)24-11(2)17(25)23-14-6-5-12(19)9-13(14)18(20,21)22/h4-9,11,24H,1-3H3,(H,23,25)/t11-/m0/s1. The number of hydrogen-bond acceptors (Lipinski definition) is 4. The smallest absolute Gasteiger partial charge is 0.418 e. The summed E-state index contributed by atoms with van der Waals surface area (Å²) < 4.78 is 71.9. The van der Waals surface area contributed by atoms with Crippen LogP contribution in [0.4, 0.5) is 18.9 Å². The maximum absolute atomic E-state index is 13.2. The zero-order valence-corrected chi connectivity index (χ0v) is 17.2. The predicted molar refractivity (Wildman–Crippen MR) is 103 cm³/mol. The van der Waals surface area contributed by atoms with Crippen LogP contribution in [0.1, 0.15) is 18.1 Å². The van der Waals surface area contributed by atoms with E-state index in [1.54, 1.807) is 13.0 Å². The van der Waals surface area contributed by atoms with E-state index in [2.05, 4.69) is 10.0 Å². The van der Waals surface area contributed by atoms with Crippen molar-refractivity contribution in [1.82, 2.24) is 4.72 Å². The molecule has 0 radical (unpaired) electrons. The number of rotatable bonds is 6. The average molecular weight is 451 g/mol. The molecule has 158 valence electrons. The van der Waals surface area contributed by atoms with Gasteiger partial charge in [0.2, 0.25) is 15.9 Å².